The Morgan fingerprint density at radius 3 is 2.44 bits per heavy atom. The van der Waals surface area contributed by atoms with Gasteiger partial charge in [0.1, 0.15) is 12.0 Å². The number of carbonyl (C=O) groups excluding carboxylic acids is 2. The summed E-state index contributed by atoms with van der Waals surface area (Å²) in [6.07, 6.45) is 1.91. The van der Waals surface area contributed by atoms with Crippen LogP contribution in [0, 0.1) is 5.41 Å². The molecule has 10 heteroatoms. The largest absolute Gasteiger partial charge is 0.504 e. The molecular weight excluding hydrogens is 502 g/mol. The molecule has 4 N–H and O–H groups in total. The summed E-state index contributed by atoms with van der Waals surface area (Å²) in [5.41, 5.74) is 1.44. The molecule has 1 aliphatic rings. The molecule has 10 nitrogen and oxygen atoms in total. The lowest BCUT2D eigenvalue weighted by Crippen LogP contribution is -2.43. The second-order valence-electron chi connectivity index (χ2n) is 10.4. The van der Waals surface area contributed by atoms with Gasteiger partial charge in [-0.15, -0.1) is 0 Å². The molecule has 0 bridgehead atoms. The molecule has 1 fully saturated rings. The van der Waals surface area contributed by atoms with Crippen molar-refractivity contribution in [2.75, 3.05) is 40.3 Å². The first-order valence-corrected chi connectivity index (χ1v) is 13.3. The molecule has 0 aromatic heterocycles. The van der Waals surface area contributed by atoms with Crippen molar-refractivity contribution in [1.29, 1.82) is 0 Å². The van der Waals surface area contributed by atoms with E-state index in [9.17, 15) is 24.9 Å². The molecule has 2 aromatic rings. The molecule has 2 unspecified atom stereocenters. The standard InChI is InChI=1S/C29H41N3O7/c1-21(34)39-28(37)30-25(23-6-9-26(35)27(36)18-23)10-14-32-16-12-29(20-33,13-17-32)11-15-31(2)19-22-4-7-24(38-3)8-5-22/h4-9,18,20-21,25,34-36H,10-17,19H2,1-3H3,(H,30,37). The zero-order valence-electron chi connectivity index (χ0n) is 23.0. The molecule has 1 heterocycles. The van der Waals surface area contributed by atoms with Crippen molar-refractivity contribution >= 4 is 12.4 Å². The number of amides is 1. The number of aldehydes is 1. The number of methoxy groups -OCH3 is 1. The van der Waals surface area contributed by atoms with Crippen molar-refractivity contribution in [3.05, 3.63) is 53.6 Å². The van der Waals surface area contributed by atoms with Crippen molar-refractivity contribution in [3.8, 4) is 17.2 Å². The number of carbonyl (C=O) groups is 2. The lowest BCUT2D eigenvalue weighted by Gasteiger charge is -2.39. The number of aliphatic hydroxyl groups excluding tert-OH is 1. The summed E-state index contributed by atoms with van der Waals surface area (Å²) in [5.74, 6) is 0.296. The van der Waals surface area contributed by atoms with Crippen LogP contribution in [-0.4, -0.2) is 84.1 Å². The predicted molar refractivity (Wildman–Crippen MR) is 147 cm³/mol. The maximum Gasteiger partial charge on any atom is 0.409 e. The Labute approximate surface area is 230 Å². The third-order valence-corrected chi connectivity index (χ3v) is 7.41. The van der Waals surface area contributed by atoms with E-state index in [-0.39, 0.29) is 16.9 Å². The predicted octanol–water partition coefficient (Wildman–Crippen LogP) is 3.41. The topological polar surface area (TPSA) is 132 Å². The summed E-state index contributed by atoms with van der Waals surface area (Å²) in [5, 5.41) is 31.7. The zero-order chi connectivity index (χ0) is 28.4. The molecule has 0 saturated carbocycles. The number of hydrogen-bond acceptors (Lipinski definition) is 9. The summed E-state index contributed by atoms with van der Waals surface area (Å²) in [4.78, 5) is 28.8. The zero-order valence-corrected chi connectivity index (χ0v) is 23.0. The van der Waals surface area contributed by atoms with Gasteiger partial charge in [-0.3, -0.25) is 0 Å². The second kappa shape index (κ2) is 14.2. The first-order valence-electron chi connectivity index (χ1n) is 13.3. The molecule has 2 atom stereocenters. The number of benzene rings is 2. The molecule has 1 aliphatic heterocycles. The van der Waals surface area contributed by atoms with Gasteiger partial charge in [0.25, 0.3) is 0 Å². The van der Waals surface area contributed by atoms with E-state index in [0.29, 0.717) is 18.5 Å². The van der Waals surface area contributed by atoms with Crippen molar-refractivity contribution in [2.45, 2.75) is 51.5 Å². The van der Waals surface area contributed by atoms with Gasteiger partial charge in [-0.25, -0.2) is 4.79 Å². The van der Waals surface area contributed by atoms with Crippen LogP contribution in [0.2, 0.25) is 0 Å². The Hall–Kier alpha value is -3.34. The van der Waals surface area contributed by atoms with Crippen LogP contribution in [0.5, 0.6) is 17.2 Å². The number of likely N-dealkylation sites (tertiary alicyclic amines) is 1. The molecule has 0 spiro atoms. The van der Waals surface area contributed by atoms with Gasteiger partial charge in [-0.2, -0.15) is 0 Å². The normalized spacial score (nSPS) is 16.8. The van der Waals surface area contributed by atoms with Crippen molar-refractivity contribution in [3.63, 3.8) is 0 Å². The third kappa shape index (κ3) is 9.12. The Bertz CT molecular complexity index is 1070. The minimum absolute atomic E-state index is 0.250. The molecule has 1 saturated heterocycles. The molecule has 214 valence electrons. The number of aliphatic hydroxyl groups is 1. The monoisotopic (exact) mass is 543 g/mol. The van der Waals surface area contributed by atoms with E-state index in [4.69, 9.17) is 9.47 Å². The van der Waals surface area contributed by atoms with E-state index >= 15 is 0 Å². The first-order chi connectivity index (χ1) is 18.6. The minimum Gasteiger partial charge on any atom is -0.504 e. The summed E-state index contributed by atoms with van der Waals surface area (Å²) in [6, 6.07) is 11.9. The van der Waals surface area contributed by atoms with Gasteiger partial charge in [-0.05, 0) is 94.7 Å². The molecule has 39 heavy (non-hydrogen) atoms. The number of phenols is 2. The fraction of sp³-hybridized carbons (Fsp3) is 0.517. The minimum atomic E-state index is -1.26. The molecule has 1 amide bonds. The number of phenolic OH excluding ortho intramolecular Hbond substituents is 2. The Morgan fingerprint density at radius 2 is 1.85 bits per heavy atom. The highest BCUT2D eigenvalue weighted by Gasteiger charge is 2.34. The Balaban J connectivity index is 1.52. The maximum absolute atomic E-state index is 12.2. The smallest absolute Gasteiger partial charge is 0.409 e. The fourth-order valence-electron chi connectivity index (χ4n) is 4.91. The number of nitrogens with one attached hydrogen (secondary N) is 1. The van der Waals surface area contributed by atoms with Crippen LogP contribution < -0.4 is 10.1 Å². The van der Waals surface area contributed by atoms with Gasteiger partial charge in [0.15, 0.2) is 17.8 Å². The number of piperidine rings is 1. The van der Waals surface area contributed by atoms with Gasteiger partial charge in [0, 0.05) is 18.5 Å². The van der Waals surface area contributed by atoms with E-state index in [1.807, 2.05) is 12.1 Å². The van der Waals surface area contributed by atoms with E-state index < -0.39 is 18.4 Å². The van der Waals surface area contributed by atoms with Gasteiger partial charge in [-0.1, -0.05) is 18.2 Å². The van der Waals surface area contributed by atoms with Gasteiger partial charge >= 0.3 is 6.09 Å². The maximum atomic E-state index is 12.2. The number of rotatable bonds is 13. The van der Waals surface area contributed by atoms with Crippen molar-refractivity contribution in [1.82, 2.24) is 15.1 Å². The van der Waals surface area contributed by atoms with E-state index in [0.717, 1.165) is 57.5 Å². The first kappa shape index (κ1) is 30.2. The van der Waals surface area contributed by atoms with Gasteiger partial charge in [0.2, 0.25) is 0 Å². The summed E-state index contributed by atoms with van der Waals surface area (Å²) in [6.45, 7) is 5.11. The molecular formula is C29H41N3O7. The van der Waals surface area contributed by atoms with Crippen LogP contribution in [-0.2, 0) is 16.1 Å². The number of nitrogens with zero attached hydrogens (tertiary/aromatic N) is 2. The number of aromatic hydroxyl groups is 2. The van der Waals surface area contributed by atoms with Crippen LogP contribution in [0.25, 0.3) is 0 Å². The fourth-order valence-corrected chi connectivity index (χ4v) is 4.91. The summed E-state index contributed by atoms with van der Waals surface area (Å²) < 4.78 is 10.0. The highest BCUT2D eigenvalue weighted by atomic mass is 16.6. The van der Waals surface area contributed by atoms with Crippen LogP contribution in [0.3, 0.4) is 0 Å². The number of hydrogen-bond donors (Lipinski definition) is 4. The summed E-state index contributed by atoms with van der Waals surface area (Å²) in [7, 11) is 3.71. The average molecular weight is 544 g/mol. The van der Waals surface area contributed by atoms with E-state index in [2.05, 4.69) is 34.3 Å². The highest BCUT2D eigenvalue weighted by molar-refractivity contribution is 5.68. The lowest BCUT2D eigenvalue weighted by atomic mass is 9.77. The van der Waals surface area contributed by atoms with E-state index in [1.165, 1.54) is 24.6 Å². The second-order valence-corrected chi connectivity index (χ2v) is 10.4. The van der Waals surface area contributed by atoms with Gasteiger partial charge in [0.05, 0.1) is 13.2 Å². The SMILES string of the molecule is COc1ccc(CN(C)CCC2(C=O)CCN(CCC(NC(=O)OC(C)O)c3ccc(O)c(O)c3)CC2)cc1. The van der Waals surface area contributed by atoms with E-state index in [1.54, 1.807) is 13.2 Å². The highest BCUT2D eigenvalue weighted by Crippen LogP contribution is 2.34. The molecule has 2 aromatic carbocycles. The lowest BCUT2D eigenvalue weighted by molar-refractivity contribution is -0.119. The van der Waals surface area contributed by atoms with Crippen molar-refractivity contribution in [2.24, 2.45) is 5.41 Å². The summed E-state index contributed by atoms with van der Waals surface area (Å²) >= 11 is 0. The van der Waals surface area contributed by atoms with Crippen LogP contribution in [0.4, 0.5) is 4.79 Å². The number of alkyl carbamates (subject to hydrolysis) is 1. The van der Waals surface area contributed by atoms with Crippen LogP contribution >= 0.6 is 0 Å². The Kier molecular flexibility index (Phi) is 11.0. The average Bonchev–Trinajstić information content (AvgIpc) is 2.92. The van der Waals surface area contributed by atoms with Gasteiger partial charge < -0.3 is 44.7 Å². The van der Waals surface area contributed by atoms with Crippen molar-refractivity contribution < 1.29 is 34.4 Å². The molecule has 0 radical (unpaired) electrons. The third-order valence-electron chi connectivity index (χ3n) is 7.41. The molecule has 0 aliphatic carbocycles. The molecule has 3 rings (SSSR count). The number of ether oxygens (including phenoxy) is 2. The van der Waals surface area contributed by atoms with Crippen LogP contribution in [0.1, 0.15) is 49.8 Å². The van der Waals surface area contributed by atoms with Crippen LogP contribution in [0.15, 0.2) is 42.5 Å². The quantitative estimate of drug-likeness (QED) is 0.170. The Morgan fingerprint density at radius 1 is 1.15 bits per heavy atom.